The molecule has 0 bridgehead atoms. The molecule has 0 saturated heterocycles. The Morgan fingerprint density at radius 1 is 1.06 bits per heavy atom. The highest BCUT2D eigenvalue weighted by Crippen LogP contribution is 2.53. The molecule has 1 atom stereocenters. The molecule has 2 aromatic rings. The Bertz CT molecular complexity index is 1360. The summed E-state index contributed by atoms with van der Waals surface area (Å²) in [5, 5.41) is 0. The van der Waals surface area contributed by atoms with Crippen molar-refractivity contribution in [3.8, 4) is 0 Å². The van der Waals surface area contributed by atoms with Crippen LogP contribution in [0.2, 0.25) is 0 Å². The third-order valence-corrected chi connectivity index (χ3v) is 8.93. The summed E-state index contributed by atoms with van der Waals surface area (Å²) >= 11 is 2.07. The van der Waals surface area contributed by atoms with Crippen LogP contribution in [0.5, 0.6) is 0 Å². The van der Waals surface area contributed by atoms with E-state index < -0.39 is 27.6 Å². The Kier molecular flexibility index (Phi) is 6.50. The van der Waals surface area contributed by atoms with Crippen LogP contribution in [0, 0.1) is 6.92 Å². The number of ether oxygens (including phenoxy) is 1. The lowest BCUT2D eigenvalue weighted by Crippen LogP contribution is -2.52. The third-order valence-electron chi connectivity index (χ3n) is 5.90. The highest BCUT2D eigenvalue weighted by Gasteiger charge is 2.57. The average Bonchev–Trinajstić information content (AvgIpc) is 3.09. The van der Waals surface area contributed by atoms with Crippen molar-refractivity contribution in [2.45, 2.75) is 23.4 Å². The van der Waals surface area contributed by atoms with Crippen LogP contribution in [0.15, 0.2) is 99.5 Å². The van der Waals surface area contributed by atoms with Crippen molar-refractivity contribution in [1.82, 2.24) is 4.31 Å². The molecule has 1 unspecified atom stereocenters. The summed E-state index contributed by atoms with van der Waals surface area (Å²) < 4.78 is 35.2. The van der Waals surface area contributed by atoms with Crippen molar-refractivity contribution in [3.05, 3.63) is 106 Å². The first-order valence-corrected chi connectivity index (χ1v) is 12.9. The Labute approximate surface area is 212 Å². The van der Waals surface area contributed by atoms with E-state index in [9.17, 15) is 18.0 Å². The fraction of sp³-hybridized carbons (Fsp3) is 0.154. The molecular formula is C26H22INO5S. The first-order valence-electron chi connectivity index (χ1n) is 10.4. The van der Waals surface area contributed by atoms with Gasteiger partial charge in [-0.15, -0.1) is 0 Å². The van der Waals surface area contributed by atoms with Gasteiger partial charge in [0.15, 0.2) is 5.78 Å². The number of hydrogen-bond acceptors (Lipinski definition) is 5. The van der Waals surface area contributed by atoms with Crippen LogP contribution in [0.4, 0.5) is 0 Å². The number of sulfonamides is 1. The van der Waals surface area contributed by atoms with Gasteiger partial charge in [0.05, 0.1) is 23.6 Å². The molecule has 1 aliphatic heterocycles. The molecule has 0 radical (unpaired) electrons. The molecule has 8 heteroatoms. The Morgan fingerprint density at radius 3 is 2.21 bits per heavy atom. The molecule has 0 N–H and O–H groups in total. The van der Waals surface area contributed by atoms with Gasteiger partial charge in [-0.2, -0.15) is 4.31 Å². The molecule has 34 heavy (non-hydrogen) atoms. The Hall–Kier alpha value is -2.82. The number of hydrogen-bond donors (Lipinski definition) is 0. The smallest absolute Gasteiger partial charge is 0.335 e. The number of carbonyl (C=O) groups excluding carboxylic acids is 2. The van der Waals surface area contributed by atoms with Crippen LogP contribution in [-0.4, -0.2) is 43.2 Å². The maximum absolute atomic E-state index is 14.2. The second-order valence-corrected chi connectivity index (χ2v) is 11.0. The Balaban J connectivity index is 2.05. The number of aryl methyl sites for hydroxylation is 1. The van der Waals surface area contributed by atoms with Gasteiger partial charge < -0.3 is 4.74 Å². The predicted molar refractivity (Wildman–Crippen MR) is 139 cm³/mol. The number of nitrogens with zero attached hydrogens (tertiary/aromatic N) is 1. The fourth-order valence-electron chi connectivity index (χ4n) is 4.27. The zero-order valence-electron chi connectivity index (χ0n) is 18.6. The van der Waals surface area contributed by atoms with E-state index in [1.165, 1.54) is 35.7 Å². The zero-order valence-corrected chi connectivity index (χ0v) is 21.5. The second-order valence-electron chi connectivity index (χ2n) is 8.02. The molecule has 0 saturated carbocycles. The van der Waals surface area contributed by atoms with Crippen molar-refractivity contribution in [2.75, 3.05) is 7.11 Å². The number of rotatable bonds is 5. The maximum atomic E-state index is 14.2. The highest BCUT2D eigenvalue weighted by atomic mass is 127. The first kappa shape index (κ1) is 24.3. The molecule has 174 valence electrons. The average molecular weight is 587 g/mol. The minimum atomic E-state index is -4.19. The number of esters is 1. The largest absolute Gasteiger partial charge is 0.466 e. The predicted octanol–water partition coefficient (Wildman–Crippen LogP) is 4.38. The van der Waals surface area contributed by atoms with Gasteiger partial charge >= 0.3 is 5.97 Å². The number of carbonyl (C=O) groups is 2. The van der Waals surface area contributed by atoms with Gasteiger partial charge in [-0.05, 0) is 64.9 Å². The van der Waals surface area contributed by atoms with E-state index >= 15 is 0 Å². The number of halogens is 1. The Morgan fingerprint density at radius 2 is 1.65 bits per heavy atom. The van der Waals surface area contributed by atoms with Crippen molar-refractivity contribution in [3.63, 3.8) is 0 Å². The van der Waals surface area contributed by atoms with E-state index in [2.05, 4.69) is 29.2 Å². The van der Waals surface area contributed by atoms with E-state index in [1.54, 1.807) is 24.3 Å². The zero-order chi connectivity index (χ0) is 24.7. The normalized spacial score (nSPS) is 19.6. The van der Waals surface area contributed by atoms with Crippen LogP contribution in [0.1, 0.15) is 11.1 Å². The van der Waals surface area contributed by atoms with E-state index in [-0.39, 0.29) is 16.3 Å². The lowest BCUT2D eigenvalue weighted by molar-refractivity contribution is -0.136. The summed E-state index contributed by atoms with van der Waals surface area (Å²) in [4.78, 5) is 24.8. The number of ketones is 1. The van der Waals surface area contributed by atoms with Gasteiger partial charge in [-0.25, -0.2) is 13.2 Å². The molecule has 1 heterocycles. The second kappa shape index (κ2) is 9.09. The monoisotopic (exact) mass is 587 g/mol. The van der Waals surface area contributed by atoms with E-state index in [0.717, 1.165) is 11.1 Å². The summed E-state index contributed by atoms with van der Waals surface area (Å²) in [5.41, 5.74) is 0.953. The van der Waals surface area contributed by atoms with E-state index in [0.29, 0.717) is 9.15 Å². The lowest BCUT2D eigenvalue weighted by Gasteiger charge is -2.39. The molecule has 4 rings (SSSR count). The summed E-state index contributed by atoms with van der Waals surface area (Å²) in [5.74, 6) is -0.969. The lowest BCUT2D eigenvalue weighted by atomic mass is 9.83. The van der Waals surface area contributed by atoms with Crippen molar-refractivity contribution < 1.29 is 22.7 Å². The molecule has 0 fully saturated rings. The van der Waals surface area contributed by atoms with Gasteiger partial charge in [-0.3, -0.25) is 4.79 Å². The molecule has 2 aliphatic rings. The van der Waals surface area contributed by atoms with Crippen LogP contribution in [-0.2, 0) is 24.3 Å². The molecule has 0 aromatic heterocycles. The third kappa shape index (κ3) is 3.89. The fourth-order valence-corrected chi connectivity index (χ4v) is 7.69. The van der Waals surface area contributed by atoms with Gasteiger partial charge in [0.25, 0.3) is 0 Å². The summed E-state index contributed by atoms with van der Waals surface area (Å²) in [7, 11) is -2.96. The highest BCUT2D eigenvalue weighted by molar-refractivity contribution is 14.1. The number of benzene rings is 2. The van der Waals surface area contributed by atoms with Crippen LogP contribution < -0.4 is 0 Å². The van der Waals surface area contributed by atoms with Gasteiger partial charge in [0.1, 0.15) is 5.54 Å². The minimum absolute atomic E-state index is 0.0217. The summed E-state index contributed by atoms with van der Waals surface area (Å²) in [6, 6.07) is 14.8. The van der Waals surface area contributed by atoms with Crippen LogP contribution in [0.3, 0.4) is 0 Å². The van der Waals surface area contributed by atoms with Crippen molar-refractivity contribution in [2.24, 2.45) is 0 Å². The molecule has 1 spiro atoms. The number of allylic oxidation sites excluding steroid dienone is 2. The van der Waals surface area contributed by atoms with Gasteiger partial charge in [0, 0.05) is 3.58 Å². The SMILES string of the molecule is C=C(C(=O)OC)C1C(I)=C(c2ccccc2)C2(C=CC(=O)C=C2)N1S(=O)(=O)c1ccc(C)cc1. The van der Waals surface area contributed by atoms with Crippen LogP contribution >= 0.6 is 22.6 Å². The maximum Gasteiger partial charge on any atom is 0.335 e. The molecule has 6 nitrogen and oxygen atoms in total. The van der Waals surface area contributed by atoms with E-state index in [1.807, 2.05) is 37.3 Å². The first-order chi connectivity index (χ1) is 16.1. The summed E-state index contributed by atoms with van der Waals surface area (Å²) in [6.45, 7) is 5.78. The van der Waals surface area contributed by atoms with E-state index in [4.69, 9.17) is 4.74 Å². The topological polar surface area (TPSA) is 80.8 Å². The number of methoxy groups -OCH3 is 1. The van der Waals surface area contributed by atoms with Gasteiger partial charge in [0.2, 0.25) is 10.0 Å². The molecule has 2 aromatic carbocycles. The summed E-state index contributed by atoms with van der Waals surface area (Å²) in [6.07, 6.45) is 5.86. The van der Waals surface area contributed by atoms with Crippen LogP contribution in [0.25, 0.3) is 5.57 Å². The molecular weight excluding hydrogens is 565 g/mol. The molecule has 0 amide bonds. The minimum Gasteiger partial charge on any atom is -0.466 e. The van der Waals surface area contributed by atoms with Gasteiger partial charge in [-0.1, -0.05) is 66.8 Å². The quantitative estimate of drug-likeness (QED) is 0.295. The molecule has 1 aliphatic carbocycles. The van der Waals surface area contributed by atoms with Crippen molar-refractivity contribution >= 4 is 49.9 Å². The van der Waals surface area contributed by atoms with Crippen molar-refractivity contribution in [1.29, 1.82) is 0 Å². The standard InChI is InChI=1S/C26H22INO5S/c1-17-9-11-21(12-10-17)34(31,32)28-24(18(2)25(30)33-3)23(27)22(19-7-5-4-6-8-19)26(28)15-13-20(29)14-16-26/h4-16,24H,2H2,1,3H3.